The second-order valence-electron chi connectivity index (χ2n) is 5.93. The second-order valence-corrected chi connectivity index (χ2v) is 5.93. The van der Waals surface area contributed by atoms with Crippen LogP contribution in [-0.4, -0.2) is 33.7 Å². The van der Waals surface area contributed by atoms with Gasteiger partial charge in [-0.2, -0.15) is 9.61 Å². The lowest BCUT2D eigenvalue weighted by molar-refractivity contribution is 0.768. The third-order valence-corrected chi connectivity index (χ3v) is 4.27. The quantitative estimate of drug-likeness (QED) is 0.892. The van der Waals surface area contributed by atoms with Crippen LogP contribution in [0, 0.1) is 0 Å². The molecule has 2 fully saturated rings. The zero-order valence-electron chi connectivity index (χ0n) is 11.9. The van der Waals surface area contributed by atoms with Gasteiger partial charge < -0.3 is 10.6 Å². The minimum Gasteiger partial charge on any atom is -0.366 e. The van der Waals surface area contributed by atoms with Crippen LogP contribution in [0.2, 0.25) is 0 Å². The Morgan fingerprint density at radius 3 is 2.95 bits per heavy atom. The van der Waals surface area contributed by atoms with Crippen molar-refractivity contribution in [3.8, 4) is 0 Å². The summed E-state index contributed by atoms with van der Waals surface area (Å²) in [4.78, 5) is 4.70. The van der Waals surface area contributed by atoms with Crippen molar-refractivity contribution in [3.63, 3.8) is 0 Å². The molecule has 20 heavy (non-hydrogen) atoms. The average Bonchev–Trinajstić information content (AvgIpc) is 3.01. The largest absolute Gasteiger partial charge is 0.366 e. The van der Waals surface area contributed by atoms with Gasteiger partial charge in [-0.3, -0.25) is 0 Å². The number of nitrogens with zero attached hydrogens (tertiary/aromatic N) is 3. The number of fused-ring (bicyclic) bond motifs is 1. The Morgan fingerprint density at radius 2 is 2.25 bits per heavy atom. The van der Waals surface area contributed by atoms with Crippen molar-refractivity contribution in [2.75, 3.05) is 18.4 Å². The summed E-state index contributed by atoms with van der Waals surface area (Å²) in [5, 5.41) is 11.8. The van der Waals surface area contributed by atoms with Crippen molar-refractivity contribution >= 4 is 11.5 Å². The molecule has 2 aromatic heterocycles. The predicted octanol–water partition coefficient (Wildman–Crippen LogP) is 1.94. The highest BCUT2D eigenvalue weighted by atomic mass is 15.3. The molecule has 0 amide bonds. The Kier molecular flexibility index (Phi) is 2.88. The normalized spacial score (nSPS) is 22.6. The van der Waals surface area contributed by atoms with E-state index in [1.807, 2.05) is 4.52 Å². The van der Waals surface area contributed by atoms with Gasteiger partial charge in [0.25, 0.3) is 0 Å². The van der Waals surface area contributed by atoms with Crippen LogP contribution in [0.5, 0.6) is 0 Å². The standard InChI is InChI=1S/C15H21N5/c1-2-11-7-14(18-12-5-6-16-9-12)20-15(17-11)8-13(19-20)10-3-4-10/h7-8,10,12,16,18H,2-6,9H2,1H3. The summed E-state index contributed by atoms with van der Waals surface area (Å²) in [6.45, 7) is 4.28. The first-order valence-electron chi connectivity index (χ1n) is 7.70. The van der Waals surface area contributed by atoms with Crippen LogP contribution >= 0.6 is 0 Å². The zero-order chi connectivity index (χ0) is 13.5. The minimum atomic E-state index is 0.499. The molecule has 106 valence electrons. The Morgan fingerprint density at radius 1 is 1.35 bits per heavy atom. The van der Waals surface area contributed by atoms with Gasteiger partial charge in [0.2, 0.25) is 0 Å². The molecule has 1 saturated carbocycles. The van der Waals surface area contributed by atoms with Gasteiger partial charge in [-0.15, -0.1) is 0 Å². The smallest absolute Gasteiger partial charge is 0.157 e. The van der Waals surface area contributed by atoms with Gasteiger partial charge in [0.05, 0.1) is 5.69 Å². The Labute approximate surface area is 118 Å². The van der Waals surface area contributed by atoms with Crippen LogP contribution < -0.4 is 10.6 Å². The molecule has 1 aliphatic carbocycles. The summed E-state index contributed by atoms with van der Waals surface area (Å²) >= 11 is 0. The van der Waals surface area contributed by atoms with E-state index in [0.29, 0.717) is 12.0 Å². The Bertz CT molecular complexity index is 622. The fraction of sp³-hybridized carbons (Fsp3) is 0.600. The van der Waals surface area contributed by atoms with Gasteiger partial charge in [-0.05, 0) is 32.2 Å². The van der Waals surface area contributed by atoms with E-state index in [1.165, 1.54) is 25.0 Å². The molecule has 3 heterocycles. The van der Waals surface area contributed by atoms with Crippen molar-refractivity contribution in [1.82, 2.24) is 19.9 Å². The highest BCUT2D eigenvalue weighted by Gasteiger charge is 2.27. The average molecular weight is 271 g/mol. The van der Waals surface area contributed by atoms with Gasteiger partial charge in [0.1, 0.15) is 5.82 Å². The first-order valence-corrected chi connectivity index (χ1v) is 7.70. The van der Waals surface area contributed by atoms with Crippen LogP contribution in [0.1, 0.15) is 43.5 Å². The van der Waals surface area contributed by atoms with Gasteiger partial charge in [-0.25, -0.2) is 4.98 Å². The topological polar surface area (TPSA) is 54.2 Å². The van der Waals surface area contributed by atoms with E-state index in [1.54, 1.807) is 0 Å². The zero-order valence-corrected chi connectivity index (χ0v) is 11.9. The molecular weight excluding hydrogens is 250 g/mol. The maximum atomic E-state index is 4.76. The number of anilines is 1. The molecule has 5 heteroatoms. The fourth-order valence-corrected chi connectivity index (χ4v) is 2.89. The van der Waals surface area contributed by atoms with Crippen LogP contribution in [0.25, 0.3) is 5.65 Å². The molecule has 2 N–H and O–H groups in total. The van der Waals surface area contributed by atoms with Gasteiger partial charge in [0.15, 0.2) is 5.65 Å². The predicted molar refractivity (Wildman–Crippen MR) is 79.2 cm³/mol. The van der Waals surface area contributed by atoms with Crippen molar-refractivity contribution in [2.45, 2.75) is 44.6 Å². The summed E-state index contributed by atoms with van der Waals surface area (Å²) in [6, 6.07) is 4.81. The summed E-state index contributed by atoms with van der Waals surface area (Å²) in [5.41, 5.74) is 3.33. The van der Waals surface area contributed by atoms with Crippen molar-refractivity contribution in [3.05, 3.63) is 23.5 Å². The molecule has 1 unspecified atom stereocenters. The number of hydrogen-bond acceptors (Lipinski definition) is 4. The molecule has 0 bridgehead atoms. The Balaban J connectivity index is 1.74. The van der Waals surface area contributed by atoms with E-state index in [2.05, 4.69) is 29.7 Å². The molecule has 2 aromatic rings. The number of hydrogen-bond donors (Lipinski definition) is 2. The third-order valence-electron chi connectivity index (χ3n) is 4.27. The minimum absolute atomic E-state index is 0.499. The molecule has 0 aromatic carbocycles. The first kappa shape index (κ1) is 12.1. The monoisotopic (exact) mass is 271 g/mol. The lowest BCUT2D eigenvalue weighted by Gasteiger charge is -2.14. The summed E-state index contributed by atoms with van der Waals surface area (Å²) in [6.07, 6.45) is 4.68. The number of aryl methyl sites for hydroxylation is 1. The van der Waals surface area contributed by atoms with Crippen molar-refractivity contribution < 1.29 is 0 Å². The molecule has 1 atom stereocenters. The third kappa shape index (κ3) is 2.16. The Hall–Kier alpha value is -1.62. The SMILES string of the molecule is CCc1cc(NC2CCNC2)n2nc(C3CC3)cc2n1. The van der Waals surface area contributed by atoms with E-state index < -0.39 is 0 Å². The van der Waals surface area contributed by atoms with Gasteiger partial charge >= 0.3 is 0 Å². The van der Waals surface area contributed by atoms with Gasteiger partial charge in [0, 0.05) is 36.3 Å². The highest BCUT2D eigenvalue weighted by molar-refractivity contribution is 5.52. The molecule has 0 spiro atoms. The van der Waals surface area contributed by atoms with Crippen LogP contribution in [0.3, 0.4) is 0 Å². The molecular formula is C15H21N5. The summed E-state index contributed by atoms with van der Waals surface area (Å²) < 4.78 is 1.99. The first-order chi connectivity index (χ1) is 9.83. The van der Waals surface area contributed by atoms with E-state index in [9.17, 15) is 0 Å². The molecule has 5 nitrogen and oxygen atoms in total. The number of rotatable bonds is 4. The maximum absolute atomic E-state index is 4.76. The van der Waals surface area contributed by atoms with E-state index in [-0.39, 0.29) is 0 Å². The van der Waals surface area contributed by atoms with Crippen LogP contribution in [0.15, 0.2) is 12.1 Å². The second kappa shape index (κ2) is 4.74. The molecule has 1 aliphatic heterocycles. The van der Waals surface area contributed by atoms with Crippen LogP contribution in [-0.2, 0) is 6.42 Å². The fourth-order valence-electron chi connectivity index (χ4n) is 2.89. The van der Waals surface area contributed by atoms with E-state index in [4.69, 9.17) is 10.1 Å². The van der Waals surface area contributed by atoms with Crippen LogP contribution in [0.4, 0.5) is 5.82 Å². The molecule has 1 saturated heterocycles. The number of nitrogens with one attached hydrogen (secondary N) is 2. The van der Waals surface area contributed by atoms with E-state index >= 15 is 0 Å². The summed E-state index contributed by atoms with van der Waals surface area (Å²) in [5.74, 6) is 1.76. The summed E-state index contributed by atoms with van der Waals surface area (Å²) in [7, 11) is 0. The maximum Gasteiger partial charge on any atom is 0.157 e. The van der Waals surface area contributed by atoms with Gasteiger partial charge in [-0.1, -0.05) is 6.92 Å². The number of aromatic nitrogens is 3. The van der Waals surface area contributed by atoms with Crippen molar-refractivity contribution in [2.24, 2.45) is 0 Å². The van der Waals surface area contributed by atoms with E-state index in [0.717, 1.165) is 36.7 Å². The molecule has 2 aliphatic rings. The lowest BCUT2D eigenvalue weighted by Crippen LogP contribution is -2.24. The molecule has 0 radical (unpaired) electrons. The molecule has 4 rings (SSSR count). The van der Waals surface area contributed by atoms with Crippen molar-refractivity contribution in [1.29, 1.82) is 0 Å². The lowest BCUT2D eigenvalue weighted by atomic mass is 10.2. The highest BCUT2D eigenvalue weighted by Crippen LogP contribution is 2.39.